The van der Waals surface area contributed by atoms with E-state index in [9.17, 15) is 9.59 Å². The Hall–Kier alpha value is -1.47. The number of thiazole rings is 1. The van der Waals surface area contributed by atoms with Crippen LogP contribution in [0.1, 0.15) is 47.1 Å². The Balaban J connectivity index is 1.96. The van der Waals surface area contributed by atoms with Gasteiger partial charge in [0.15, 0.2) is 0 Å². The monoisotopic (exact) mass is 339 g/mol. The van der Waals surface area contributed by atoms with Crippen molar-refractivity contribution in [1.82, 2.24) is 9.88 Å². The van der Waals surface area contributed by atoms with Gasteiger partial charge in [-0.2, -0.15) is 0 Å². The van der Waals surface area contributed by atoms with Crippen molar-refractivity contribution in [3.8, 4) is 0 Å². The van der Waals surface area contributed by atoms with Crippen molar-refractivity contribution in [3.63, 3.8) is 0 Å². The first-order chi connectivity index (χ1) is 10.9. The molecule has 0 aromatic carbocycles. The number of aromatic nitrogens is 1. The molecule has 0 atom stereocenters. The Labute approximate surface area is 141 Å². The predicted octanol–water partition coefficient (Wildman–Crippen LogP) is 1.76. The SMILES string of the molecule is Cc1nc(CC(C)C)c(C(=O)N2CCC(OCC(N)=O)CC2)s1. The Kier molecular flexibility index (Phi) is 6.12. The first-order valence-corrected chi connectivity index (χ1v) is 8.84. The molecule has 0 radical (unpaired) electrons. The molecule has 23 heavy (non-hydrogen) atoms. The van der Waals surface area contributed by atoms with Crippen LogP contribution >= 0.6 is 11.3 Å². The molecule has 0 spiro atoms. The number of likely N-dealkylation sites (tertiary alicyclic amines) is 1. The molecule has 7 heteroatoms. The van der Waals surface area contributed by atoms with Gasteiger partial charge in [0.1, 0.15) is 11.5 Å². The third-order valence-corrected chi connectivity index (χ3v) is 4.79. The van der Waals surface area contributed by atoms with Crippen molar-refractivity contribution >= 4 is 23.2 Å². The number of aryl methyl sites for hydroxylation is 1. The standard InChI is InChI=1S/C16H25N3O3S/c1-10(2)8-13-15(23-11(3)18-13)16(21)19-6-4-12(5-7-19)22-9-14(17)20/h10,12H,4-9H2,1-3H3,(H2,17,20). The molecular weight excluding hydrogens is 314 g/mol. The number of carbonyl (C=O) groups is 2. The van der Waals surface area contributed by atoms with Gasteiger partial charge in [0.2, 0.25) is 5.91 Å². The maximum absolute atomic E-state index is 12.8. The fourth-order valence-corrected chi connectivity index (χ4v) is 3.65. The molecule has 1 aromatic rings. The summed E-state index contributed by atoms with van der Waals surface area (Å²) in [7, 11) is 0. The Morgan fingerprint density at radius 1 is 1.39 bits per heavy atom. The normalized spacial score (nSPS) is 16.1. The van der Waals surface area contributed by atoms with E-state index in [2.05, 4.69) is 18.8 Å². The van der Waals surface area contributed by atoms with Crippen molar-refractivity contribution in [2.75, 3.05) is 19.7 Å². The molecule has 1 aromatic heterocycles. The molecule has 1 aliphatic rings. The number of hydrogen-bond acceptors (Lipinski definition) is 5. The van der Waals surface area contributed by atoms with Gasteiger partial charge in [0.25, 0.3) is 5.91 Å². The summed E-state index contributed by atoms with van der Waals surface area (Å²) in [5.41, 5.74) is 6.00. The van der Waals surface area contributed by atoms with E-state index < -0.39 is 5.91 Å². The molecule has 2 rings (SSSR count). The van der Waals surface area contributed by atoms with E-state index in [0.29, 0.717) is 19.0 Å². The van der Waals surface area contributed by atoms with Crippen LogP contribution in [-0.4, -0.2) is 47.5 Å². The van der Waals surface area contributed by atoms with Crippen LogP contribution in [0.4, 0.5) is 0 Å². The van der Waals surface area contributed by atoms with Gasteiger partial charge in [-0.25, -0.2) is 4.98 Å². The molecule has 0 unspecified atom stereocenters. The minimum absolute atomic E-state index is 0.00452. The summed E-state index contributed by atoms with van der Waals surface area (Å²) >= 11 is 1.48. The lowest BCUT2D eigenvalue weighted by atomic mass is 10.1. The van der Waals surface area contributed by atoms with Crippen LogP contribution in [-0.2, 0) is 16.0 Å². The lowest BCUT2D eigenvalue weighted by Gasteiger charge is -2.31. The van der Waals surface area contributed by atoms with Crippen molar-refractivity contribution in [2.45, 2.75) is 46.1 Å². The molecule has 128 valence electrons. The third kappa shape index (κ3) is 5.00. The quantitative estimate of drug-likeness (QED) is 0.855. The second-order valence-electron chi connectivity index (χ2n) is 6.38. The predicted molar refractivity (Wildman–Crippen MR) is 89.5 cm³/mol. The van der Waals surface area contributed by atoms with E-state index in [1.807, 2.05) is 11.8 Å². The summed E-state index contributed by atoms with van der Waals surface area (Å²) in [6.07, 6.45) is 2.29. The molecule has 6 nitrogen and oxygen atoms in total. The minimum atomic E-state index is -0.457. The minimum Gasteiger partial charge on any atom is -0.368 e. The molecule has 0 saturated carbocycles. The number of nitrogens with two attached hydrogens (primary N) is 1. The highest BCUT2D eigenvalue weighted by molar-refractivity contribution is 7.13. The number of nitrogens with zero attached hydrogens (tertiary/aromatic N) is 2. The Bertz CT molecular complexity index is 563. The molecule has 1 fully saturated rings. The van der Waals surface area contributed by atoms with E-state index in [1.165, 1.54) is 11.3 Å². The van der Waals surface area contributed by atoms with E-state index >= 15 is 0 Å². The highest BCUT2D eigenvalue weighted by Crippen LogP contribution is 2.24. The molecule has 2 heterocycles. The Morgan fingerprint density at radius 2 is 2.04 bits per heavy atom. The summed E-state index contributed by atoms with van der Waals surface area (Å²) in [4.78, 5) is 30.7. The van der Waals surface area contributed by atoms with Crippen LogP contribution in [0.5, 0.6) is 0 Å². The summed E-state index contributed by atoms with van der Waals surface area (Å²) in [6.45, 7) is 7.43. The topological polar surface area (TPSA) is 85.5 Å². The number of piperidine rings is 1. The third-order valence-electron chi connectivity index (χ3n) is 3.79. The smallest absolute Gasteiger partial charge is 0.265 e. The average molecular weight is 339 g/mol. The van der Waals surface area contributed by atoms with Crippen molar-refractivity contribution in [1.29, 1.82) is 0 Å². The lowest BCUT2D eigenvalue weighted by Crippen LogP contribution is -2.41. The van der Waals surface area contributed by atoms with Gasteiger partial charge in [0, 0.05) is 13.1 Å². The van der Waals surface area contributed by atoms with Gasteiger partial charge in [-0.3, -0.25) is 9.59 Å². The van der Waals surface area contributed by atoms with Gasteiger partial charge in [-0.15, -0.1) is 11.3 Å². The number of amides is 2. The van der Waals surface area contributed by atoms with Gasteiger partial charge < -0.3 is 15.4 Å². The molecule has 0 aliphatic carbocycles. The zero-order chi connectivity index (χ0) is 17.0. The molecule has 1 saturated heterocycles. The van der Waals surface area contributed by atoms with Gasteiger partial charge >= 0.3 is 0 Å². The molecule has 1 aliphatic heterocycles. The van der Waals surface area contributed by atoms with Crippen molar-refractivity contribution in [2.24, 2.45) is 11.7 Å². The maximum atomic E-state index is 12.8. The molecule has 2 amide bonds. The van der Waals surface area contributed by atoms with E-state index in [1.54, 1.807) is 0 Å². The summed E-state index contributed by atoms with van der Waals surface area (Å²) < 4.78 is 5.44. The second-order valence-corrected chi connectivity index (χ2v) is 7.58. The highest BCUT2D eigenvalue weighted by atomic mass is 32.1. The summed E-state index contributed by atoms with van der Waals surface area (Å²) in [6, 6.07) is 0. The number of carbonyl (C=O) groups excluding carboxylic acids is 2. The van der Waals surface area contributed by atoms with Crippen LogP contribution in [0.2, 0.25) is 0 Å². The van der Waals surface area contributed by atoms with Crippen molar-refractivity contribution in [3.05, 3.63) is 15.6 Å². The van der Waals surface area contributed by atoms with Crippen LogP contribution in [0.15, 0.2) is 0 Å². The van der Waals surface area contributed by atoms with Crippen LogP contribution < -0.4 is 5.73 Å². The van der Waals surface area contributed by atoms with E-state index in [0.717, 1.165) is 34.8 Å². The maximum Gasteiger partial charge on any atom is 0.265 e. The van der Waals surface area contributed by atoms with E-state index in [-0.39, 0.29) is 18.6 Å². The van der Waals surface area contributed by atoms with Crippen LogP contribution in [0.25, 0.3) is 0 Å². The molecule has 0 bridgehead atoms. The first kappa shape index (κ1) is 17.9. The lowest BCUT2D eigenvalue weighted by molar-refractivity contribution is -0.125. The fourth-order valence-electron chi connectivity index (χ4n) is 2.73. The average Bonchev–Trinajstić information content (AvgIpc) is 2.84. The van der Waals surface area contributed by atoms with Crippen LogP contribution in [0.3, 0.4) is 0 Å². The zero-order valence-corrected chi connectivity index (χ0v) is 14.8. The number of primary amides is 1. The van der Waals surface area contributed by atoms with Crippen LogP contribution in [0, 0.1) is 12.8 Å². The van der Waals surface area contributed by atoms with E-state index in [4.69, 9.17) is 10.5 Å². The first-order valence-electron chi connectivity index (χ1n) is 8.02. The summed E-state index contributed by atoms with van der Waals surface area (Å²) in [5.74, 6) is 0.0811. The zero-order valence-electron chi connectivity index (χ0n) is 14.0. The molecule has 2 N–H and O–H groups in total. The van der Waals surface area contributed by atoms with Gasteiger partial charge in [-0.1, -0.05) is 13.8 Å². The number of ether oxygens (including phenoxy) is 1. The fraction of sp³-hybridized carbons (Fsp3) is 0.688. The van der Waals surface area contributed by atoms with Crippen molar-refractivity contribution < 1.29 is 14.3 Å². The highest BCUT2D eigenvalue weighted by Gasteiger charge is 2.27. The largest absolute Gasteiger partial charge is 0.368 e. The number of hydrogen-bond donors (Lipinski definition) is 1. The number of rotatable bonds is 6. The summed E-state index contributed by atoms with van der Waals surface area (Å²) in [5, 5.41) is 0.934. The molecular formula is C16H25N3O3S. The Morgan fingerprint density at radius 3 is 2.61 bits per heavy atom. The van der Waals surface area contributed by atoms with Gasteiger partial charge in [-0.05, 0) is 32.1 Å². The van der Waals surface area contributed by atoms with Gasteiger partial charge in [0.05, 0.1) is 16.8 Å². The second kappa shape index (κ2) is 7.88.